The second kappa shape index (κ2) is 4.03. The minimum absolute atomic E-state index is 0.0564. The summed E-state index contributed by atoms with van der Waals surface area (Å²) in [6.07, 6.45) is 0.537. The van der Waals surface area contributed by atoms with Gasteiger partial charge in [0.05, 0.1) is 0 Å². The van der Waals surface area contributed by atoms with Crippen LogP contribution in [0.15, 0.2) is 30.3 Å². The van der Waals surface area contributed by atoms with Gasteiger partial charge < -0.3 is 0 Å². The normalized spacial score (nSPS) is 14.4. The number of rotatable bonds is 3. The first-order valence-corrected chi connectivity index (χ1v) is 10.4. The fraction of sp³-hybridized carbons (Fsp3) is 0.300. The average Bonchev–Trinajstić information content (AvgIpc) is 2.02. The van der Waals surface area contributed by atoms with Crippen LogP contribution in [0.25, 0.3) is 0 Å². The first-order valence-electron chi connectivity index (χ1n) is 4.26. The molecule has 0 bridgehead atoms. The Morgan fingerprint density at radius 3 is 2.21 bits per heavy atom. The molecule has 0 aliphatic rings. The summed E-state index contributed by atoms with van der Waals surface area (Å²) in [6.45, 7) is 4.28. The van der Waals surface area contributed by atoms with Gasteiger partial charge in [-0.25, -0.2) is 0 Å². The molecule has 14 heavy (non-hydrogen) atoms. The van der Waals surface area contributed by atoms with E-state index >= 15 is 0 Å². The second-order valence-corrected chi connectivity index (χ2v) is 17.1. The standard InChI is InChI=1S/C10H13Br2OP/c1-14(2,12,8-10(11)13)9-6-4-3-5-7-9/h3-7H,8H2,1-2H3. The molecule has 0 amide bonds. The Balaban J connectivity index is 3.11. The number of hydrogen-bond acceptors (Lipinski definition) is 1. The third kappa shape index (κ3) is 3.15. The van der Waals surface area contributed by atoms with Crippen LogP contribution in [0, 0.1) is 0 Å². The van der Waals surface area contributed by atoms with Crippen molar-refractivity contribution in [2.24, 2.45) is 0 Å². The number of carbonyl (C=O) groups excluding carboxylic acids is 1. The predicted octanol–water partition coefficient (Wildman–Crippen LogP) is 3.36. The molecule has 1 aromatic rings. The van der Waals surface area contributed by atoms with E-state index in [9.17, 15) is 4.79 Å². The molecule has 0 aromatic heterocycles. The molecule has 0 saturated carbocycles. The monoisotopic (exact) mass is 338 g/mol. The summed E-state index contributed by atoms with van der Waals surface area (Å²) in [6, 6.07) is 10.1. The van der Waals surface area contributed by atoms with Gasteiger partial charge in [-0.1, -0.05) is 0 Å². The fourth-order valence-corrected chi connectivity index (χ4v) is 7.99. The molecule has 0 radical (unpaired) electrons. The summed E-state index contributed by atoms with van der Waals surface area (Å²) in [4.78, 5) is 11.2. The van der Waals surface area contributed by atoms with Crippen molar-refractivity contribution in [3.8, 4) is 0 Å². The summed E-state index contributed by atoms with van der Waals surface area (Å²) in [5, 5.41) is -0.968. The van der Waals surface area contributed by atoms with E-state index in [1.54, 1.807) is 0 Å². The molecule has 78 valence electrons. The van der Waals surface area contributed by atoms with Crippen molar-refractivity contribution in [1.29, 1.82) is 0 Å². The Labute approximate surface area is 101 Å². The molecule has 1 aromatic carbocycles. The van der Waals surface area contributed by atoms with Gasteiger partial charge in [0.25, 0.3) is 0 Å². The average molecular weight is 340 g/mol. The van der Waals surface area contributed by atoms with E-state index in [4.69, 9.17) is 0 Å². The van der Waals surface area contributed by atoms with Crippen molar-refractivity contribution in [3.05, 3.63) is 30.3 Å². The van der Waals surface area contributed by atoms with Crippen LogP contribution in [-0.2, 0) is 4.79 Å². The van der Waals surface area contributed by atoms with E-state index in [0.717, 1.165) is 0 Å². The van der Waals surface area contributed by atoms with Gasteiger partial charge >= 0.3 is 101 Å². The Hall–Kier alpha value is 0.280. The van der Waals surface area contributed by atoms with Crippen LogP contribution in [0.5, 0.6) is 0 Å². The SMILES string of the molecule is CP(C)(Br)(CC(=O)Br)c1ccccc1. The summed E-state index contributed by atoms with van der Waals surface area (Å²) < 4.78 is 0.0564. The van der Waals surface area contributed by atoms with Gasteiger partial charge in [-0.3, -0.25) is 0 Å². The fourth-order valence-electron chi connectivity index (χ4n) is 1.34. The Kier molecular flexibility index (Phi) is 3.56. The molecule has 0 aliphatic carbocycles. The van der Waals surface area contributed by atoms with Crippen molar-refractivity contribution in [2.75, 3.05) is 19.5 Å². The van der Waals surface area contributed by atoms with Gasteiger partial charge in [0.1, 0.15) is 0 Å². The van der Waals surface area contributed by atoms with Crippen LogP contribution in [0.1, 0.15) is 0 Å². The van der Waals surface area contributed by atoms with Crippen LogP contribution in [0.3, 0.4) is 0 Å². The van der Waals surface area contributed by atoms with Crippen molar-refractivity contribution >= 4 is 46.7 Å². The van der Waals surface area contributed by atoms with E-state index in [2.05, 4.69) is 56.9 Å². The van der Waals surface area contributed by atoms with Crippen LogP contribution < -0.4 is 5.30 Å². The molecule has 0 unspecified atom stereocenters. The van der Waals surface area contributed by atoms with Gasteiger partial charge in [-0.2, -0.15) is 0 Å². The van der Waals surface area contributed by atoms with Gasteiger partial charge in [0.2, 0.25) is 0 Å². The van der Waals surface area contributed by atoms with Gasteiger partial charge in [-0.05, 0) is 0 Å². The zero-order valence-electron chi connectivity index (χ0n) is 8.21. The zero-order valence-corrected chi connectivity index (χ0v) is 12.3. The molecule has 1 nitrogen and oxygen atoms in total. The number of hydrogen-bond donors (Lipinski definition) is 0. The zero-order chi connectivity index (χ0) is 10.8. The van der Waals surface area contributed by atoms with Crippen LogP contribution in [-0.4, -0.2) is 24.2 Å². The van der Waals surface area contributed by atoms with E-state index in [1.807, 2.05) is 18.2 Å². The summed E-state index contributed by atoms with van der Waals surface area (Å²) in [5.74, 6) is 0. The number of halogens is 2. The summed E-state index contributed by atoms with van der Waals surface area (Å²) >= 11 is 6.78. The third-order valence-corrected chi connectivity index (χ3v) is 7.92. The van der Waals surface area contributed by atoms with Crippen LogP contribution in [0.4, 0.5) is 0 Å². The Morgan fingerprint density at radius 2 is 1.79 bits per heavy atom. The predicted molar refractivity (Wildman–Crippen MR) is 72.6 cm³/mol. The third-order valence-electron chi connectivity index (χ3n) is 2.13. The molecule has 0 atom stereocenters. The first kappa shape index (κ1) is 12.4. The van der Waals surface area contributed by atoms with E-state index in [0.29, 0.717) is 6.16 Å². The van der Waals surface area contributed by atoms with Crippen molar-refractivity contribution in [2.45, 2.75) is 0 Å². The maximum atomic E-state index is 11.2. The molecule has 0 saturated heterocycles. The number of carbonyl (C=O) groups is 1. The number of benzene rings is 1. The minimum atomic E-state index is -2.20. The van der Waals surface area contributed by atoms with Gasteiger partial charge in [0, 0.05) is 0 Å². The Bertz CT molecular complexity index is 340. The molecule has 0 heterocycles. The Morgan fingerprint density at radius 1 is 1.29 bits per heavy atom. The molecule has 0 fully saturated rings. The quantitative estimate of drug-likeness (QED) is 0.609. The van der Waals surface area contributed by atoms with E-state index in [-0.39, 0.29) is 4.69 Å². The first-order chi connectivity index (χ1) is 6.30. The van der Waals surface area contributed by atoms with Gasteiger partial charge in [-0.15, -0.1) is 0 Å². The summed E-state index contributed by atoms with van der Waals surface area (Å²) in [7, 11) is 0. The topological polar surface area (TPSA) is 17.1 Å². The maximum absolute atomic E-state index is 11.2. The van der Waals surface area contributed by atoms with Crippen LogP contribution >= 0.6 is 36.7 Å². The van der Waals surface area contributed by atoms with Crippen molar-refractivity contribution in [3.63, 3.8) is 0 Å². The van der Waals surface area contributed by atoms with Gasteiger partial charge in [0.15, 0.2) is 0 Å². The van der Waals surface area contributed by atoms with Crippen molar-refractivity contribution < 1.29 is 4.79 Å². The molecule has 4 heteroatoms. The summed E-state index contributed by atoms with van der Waals surface area (Å²) in [5.41, 5.74) is 0. The molecule has 0 N–H and O–H groups in total. The molecule has 1 rings (SSSR count). The molecular formula is C10H13Br2OP. The molecular weight excluding hydrogens is 327 g/mol. The van der Waals surface area contributed by atoms with Crippen LogP contribution in [0.2, 0.25) is 0 Å². The molecule has 0 aliphatic heterocycles. The van der Waals surface area contributed by atoms with E-state index in [1.165, 1.54) is 5.30 Å². The molecule has 0 spiro atoms. The van der Waals surface area contributed by atoms with Crippen molar-refractivity contribution in [1.82, 2.24) is 0 Å². The van der Waals surface area contributed by atoms with E-state index < -0.39 is 5.31 Å². The second-order valence-electron chi connectivity index (χ2n) is 4.08.